The van der Waals surface area contributed by atoms with E-state index in [1.54, 1.807) is 0 Å². The maximum atomic E-state index is 9.63. The molecule has 0 aliphatic rings. The molecule has 0 unspecified atom stereocenters. The molecule has 0 aliphatic carbocycles. The van der Waals surface area contributed by atoms with Gasteiger partial charge in [-0.2, -0.15) is 0 Å². The standard InChI is InChI=1S/C14H14O.C2H6/c1-10-4-3-5-12(8-10)13-7-6-11(2)14(15)9-13;1-2/h3-9,15H,1-2H3;1-2H3. The predicted octanol–water partition coefficient (Wildman–Crippen LogP) is 4.70. The minimum Gasteiger partial charge on any atom is -0.508 e. The first-order chi connectivity index (χ1) is 8.16. The van der Waals surface area contributed by atoms with Crippen LogP contribution >= 0.6 is 0 Å². The van der Waals surface area contributed by atoms with Gasteiger partial charge in [-0.15, -0.1) is 0 Å². The van der Waals surface area contributed by atoms with Crippen LogP contribution in [-0.4, -0.2) is 5.11 Å². The first-order valence-corrected chi connectivity index (χ1v) is 6.03. The topological polar surface area (TPSA) is 20.2 Å². The molecular weight excluding hydrogens is 208 g/mol. The van der Waals surface area contributed by atoms with Gasteiger partial charge in [0.1, 0.15) is 5.75 Å². The Balaban J connectivity index is 0.000000686. The number of hydrogen-bond acceptors (Lipinski definition) is 1. The van der Waals surface area contributed by atoms with Crippen molar-refractivity contribution in [3.8, 4) is 16.9 Å². The molecule has 0 saturated carbocycles. The van der Waals surface area contributed by atoms with E-state index in [0.29, 0.717) is 5.75 Å². The van der Waals surface area contributed by atoms with Crippen LogP contribution in [0.5, 0.6) is 5.75 Å². The molecule has 0 atom stereocenters. The van der Waals surface area contributed by atoms with E-state index in [1.807, 2.05) is 45.0 Å². The summed E-state index contributed by atoms with van der Waals surface area (Å²) in [6.07, 6.45) is 0. The number of rotatable bonds is 1. The summed E-state index contributed by atoms with van der Waals surface area (Å²) in [5.74, 6) is 0.356. The molecule has 0 radical (unpaired) electrons. The number of benzene rings is 2. The quantitative estimate of drug-likeness (QED) is 0.750. The van der Waals surface area contributed by atoms with Crippen LogP contribution < -0.4 is 0 Å². The van der Waals surface area contributed by atoms with Crippen LogP contribution in [0.15, 0.2) is 42.5 Å². The highest BCUT2D eigenvalue weighted by Crippen LogP contribution is 2.26. The molecule has 2 aromatic carbocycles. The van der Waals surface area contributed by atoms with Crippen LogP contribution in [0.25, 0.3) is 11.1 Å². The van der Waals surface area contributed by atoms with E-state index in [0.717, 1.165) is 16.7 Å². The van der Waals surface area contributed by atoms with Gasteiger partial charge in [-0.1, -0.05) is 55.8 Å². The average molecular weight is 228 g/mol. The van der Waals surface area contributed by atoms with Crippen LogP contribution in [0.3, 0.4) is 0 Å². The molecule has 17 heavy (non-hydrogen) atoms. The third-order valence-electron chi connectivity index (χ3n) is 2.56. The van der Waals surface area contributed by atoms with E-state index >= 15 is 0 Å². The summed E-state index contributed by atoms with van der Waals surface area (Å²) >= 11 is 0. The maximum Gasteiger partial charge on any atom is 0.119 e. The summed E-state index contributed by atoms with van der Waals surface area (Å²) in [4.78, 5) is 0. The fourth-order valence-corrected chi connectivity index (χ4v) is 1.61. The lowest BCUT2D eigenvalue weighted by Crippen LogP contribution is -1.81. The summed E-state index contributed by atoms with van der Waals surface area (Å²) in [7, 11) is 0. The van der Waals surface area contributed by atoms with Gasteiger partial charge >= 0.3 is 0 Å². The van der Waals surface area contributed by atoms with Crippen molar-refractivity contribution in [1.82, 2.24) is 0 Å². The molecule has 0 heterocycles. The Morgan fingerprint density at radius 1 is 0.824 bits per heavy atom. The first-order valence-electron chi connectivity index (χ1n) is 6.03. The van der Waals surface area contributed by atoms with E-state index in [-0.39, 0.29) is 0 Å². The van der Waals surface area contributed by atoms with Gasteiger partial charge in [-0.3, -0.25) is 0 Å². The van der Waals surface area contributed by atoms with Crippen molar-refractivity contribution < 1.29 is 5.11 Å². The summed E-state index contributed by atoms with van der Waals surface area (Å²) < 4.78 is 0. The second-order valence-corrected chi connectivity index (χ2v) is 3.87. The highest BCUT2D eigenvalue weighted by Gasteiger charge is 2.00. The lowest BCUT2D eigenvalue weighted by molar-refractivity contribution is 0.471. The maximum absolute atomic E-state index is 9.63. The minimum absolute atomic E-state index is 0.356. The summed E-state index contributed by atoms with van der Waals surface area (Å²) in [5.41, 5.74) is 4.34. The third kappa shape index (κ3) is 3.35. The zero-order valence-corrected chi connectivity index (χ0v) is 11.0. The molecule has 1 heteroatoms. The predicted molar refractivity (Wildman–Crippen MR) is 74.4 cm³/mol. The summed E-state index contributed by atoms with van der Waals surface area (Å²) in [6, 6.07) is 14.0. The largest absolute Gasteiger partial charge is 0.508 e. The summed E-state index contributed by atoms with van der Waals surface area (Å²) in [5, 5.41) is 9.63. The van der Waals surface area contributed by atoms with Crippen molar-refractivity contribution in [1.29, 1.82) is 0 Å². The molecule has 90 valence electrons. The fraction of sp³-hybridized carbons (Fsp3) is 0.250. The highest BCUT2D eigenvalue weighted by molar-refractivity contribution is 5.66. The van der Waals surface area contributed by atoms with Crippen LogP contribution in [0, 0.1) is 13.8 Å². The Kier molecular flexibility index (Phi) is 4.77. The third-order valence-corrected chi connectivity index (χ3v) is 2.56. The van der Waals surface area contributed by atoms with Gasteiger partial charge in [-0.25, -0.2) is 0 Å². The first kappa shape index (κ1) is 13.3. The molecule has 0 saturated heterocycles. The number of aryl methyl sites for hydroxylation is 2. The van der Waals surface area contributed by atoms with Crippen molar-refractivity contribution >= 4 is 0 Å². The van der Waals surface area contributed by atoms with Crippen molar-refractivity contribution in [3.63, 3.8) is 0 Å². The number of aromatic hydroxyl groups is 1. The number of phenolic OH excluding ortho intramolecular Hbond substituents is 1. The molecule has 1 N–H and O–H groups in total. The van der Waals surface area contributed by atoms with Crippen LogP contribution in [0.4, 0.5) is 0 Å². The smallest absolute Gasteiger partial charge is 0.119 e. The van der Waals surface area contributed by atoms with E-state index in [1.165, 1.54) is 5.56 Å². The molecule has 2 aromatic rings. The van der Waals surface area contributed by atoms with E-state index in [9.17, 15) is 5.11 Å². The van der Waals surface area contributed by atoms with E-state index < -0.39 is 0 Å². The Labute approximate surface area is 104 Å². The van der Waals surface area contributed by atoms with Gasteiger partial charge in [0.25, 0.3) is 0 Å². The van der Waals surface area contributed by atoms with E-state index in [4.69, 9.17) is 0 Å². The zero-order valence-electron chi connectivity index (χ0n) is 11.0. The van der Waals surface area contributed by atoms with Gasteiger partial charge in [0, 0.05) is 0 Å². The van der Waals surface area contributed by atoms with Gasteiger partial charge in [-0.05, 0) is 36.6 Å². The normalized spacial score (nSPS) is 9.41. The number of phenols is 1. The molecule has 0 spiro atoms. The fourth-order valence-electron chi connectivity index (χ4n) is 1.61. The summed E-state index contributed by atoms with van der Waals surface area (Å²) in [6.45, 7) is 7.97. The van der Waals surface area contributed by atoms with Gasteiger partial charge < -0.3 is 5.11 Å². The van der Waals surface area contributed by atoms with Crippen LogP contribution in [0.2, 0.25) is 0 Å². The Bertz CT molecular complexity index is 487. The van der Waals surface area contributed by atoms with Crippen LogP contribution in [-0.2, 0) is 0 Å². The second-order valence-electron chi connectivity index (χ2n) is 3.87. The van der Waals surface area contributed by atoms with Gasteiger partial charge in [0.15, 0.2) is 0 Å². The van der Waals surface area contributed by atoms with Crippen molar-refractivity contribution in [3.05, 3.63) is 53.6 Å². The Morgan fingerprint density at radius 3 is 2.06 bits per heavy atom. The SMILES string of the molecule is CC.Cc1cccc(-c2ccc(C)c(O)c2)c1. The molecule has 0 fully saturated rings. The average Bonchev–Trinajstić information content (AvgIpc) is 2.35. The van der Waals surface area contributed by atoms with Gasteiger partial charge in [0.05, 0.1) is 0 Å². The molecular formula is C16H20O. The molecule has 0 bridgehead atoms. The van der Waals surface area contributed by atoms with Crippen LogP contribution in [0.1, 0.15) is 25.0 Å². The lowest BCUT2D eigenvalue weighted by atomic mass is 10.0. The van der Waals surface area contributed by atoms with Crippen molar-refractivity contribution in [2.24, 2.45) is 0 Å². The Morgan fingerprint density at radius 2 is 1.47 bits per heavy atom. The zero-order chi connectivity index (χ0) is 12.8. The second kappa shape index (κ2) is 6.09. The molecule has 0 aliphatic heterocycles. The molecule has 2 rings (SSSR count). The Hall–Kier alpha value is -1.76. The van der Waals surface area contributed by atoms with Gasteiger partial charge in [0.2, 0.25) is 0 Å². The minimum atomic E-state index is 0.356. The lowest BCUT2D eigenvalue weighted by Gasteiger charge is -2.05. The van der Waals surface area contributed by atoms with Crippen molar-refractivity contribution in [2.45, 2.75) is 27.7 Å². The molecule has 0 aromatic heterocycles. The monoisotopic (exact) mass is 228 g/mol. The molecule has 0 amide bonds. The molecule has 1 nitrogen and oxygen atoms in total. The van der Waals surface area contributed by atoms with Crippen molar-refractivity contribution in [2.75, 3.05) is 0 Å². The van der Waals surface area contributed by atoms with E-state index in [2.05, 4.69) is 25.1 Å². The highest BCUT2D eigenvalue weighted by atomic mass is 16.3. The number of hydrogen-bond donors (Lipinski definition) is 1.